The molecule has 13 heavy (non-hydrogen) atoms. The minimum atomic E-state index is 0.359. The molecule has 0 aromatic heterocycles. The first-order chi connectivity index (χ1) is 5.94. The molecule has 0 amide bonds. The molecule has 76 valence electrons. The van der Waals surface area contributed by atoms with Crippen LogP contribution < -0.4 is 5.73 Å². The van der Waals surface area contributed by atoms with Crippen LogP contribution in [-0.2, 0) is 0 Å². The van der Waals surface area contributed by atoms with Crippen molar-refractivity contribution in [1.29, 1.82) is 0 Å². The first-order valence-electron chi connectivity index (χ1n) is 5.00. The molecule has 0 saturated heterocycles. The van der Waals surface area contributed by atoms with Crippen LogP contribution in [0, 0.1) is 5.41 Å². The third-order valence-electron chi connectivity index (χ3n) is 2.39. The van der Waals surface area contributed by atoms with Gasteiger partial charge in [-0.05, 0) is 18.8 Å². The van der Waals surface area contributed by atoms with Gasteiger partial charge < -0.3 is 10.6 Å². The van der Waals surface area contributed by atoms with E-state index in [1.807, 2.05) is 0 Å². The third kappa shape index (κ3) is 2.61. The molecule has 1 atom stereocenters. The molecule has 0 spiro atoms. The second-order valence-corrected chi connectivity index (χ2v) is 4.90. The molecule has 1 unspecified atom stereocenters. The maximum Gasteiger partial charge on any atom is 0.191 e. The summed E-state index contributed by atoms with van der Waals surface area (Å²) in [5.41, 5.74) is 6.13. The van der Waals surface area contributed by atoms with Gasteiger partial charge in [0.2, 0.25) is 0 Å². The minimum Gasteiger partial charge on any atom is -0.370 e. The van der Waals surface area contributed by atoms with Crippen LogP contribution in [0.25, 0.3) is 0 Å². The van der Waals surface area contributed by atoms with Gasteiger partial charge in [0.25, 0.3) is 0 Å². The van der Waals surface area contributed by atoms with Crippen LogP contribution in [0.15, 0.2) is 4.99 Å². The summed E-state index contributed by atoms with van der Waals surface area (Å²) < 4.78 is 0. The first-order valence-corrected chi connectivity index (χ1v) is 5.00. The van der Waals surface area contributed by atoms with Crippen molar-refractivity contribution < 1.29 is 0 Å². The summed E-state index contributed by atoms with van der Waals surface area (Å²) in [7, 11) is 0. The fourth-order valence-corrected chi connectivity index (χ4v) is 1.88. The number of guanidine groups is 1. The predicted octanol–water partition coefficient (Wildman–Crippen LogP) is 1.44. The van der Waals surface area contributed by atoms with Gasteiger partial charge in [-0.25, -0.2) is 0 Å². The van der Waals surface area contributed by atoms with E-state index < -0.39 is 0 Å². The molecule has 1 aliphatic heterocycles. The topological polar surface area (TPSA) is 41.6 Å². The zero-order chi connectivity index (χ0) is 10.1. The van der Waals surface area contributed by atoms with E-state index in [0.717, 1.165) is 25.5 Å². The van der Waals surface area contributed by atoms with Crippen molar-refractivity contribution in [2.24, 2.45) is 16.1 Å². The molecule has 3 heteroatoms. The molecule has 1 rings (SSSR count). The molecule has 0 fully saturated rings. The van der Waals surface area contributed by atoms with E-state index in [1.54, 1.807) is 0 Å². The standard InChI is InChI=1S/C10H21N3/c1-5-13-8(6-10(2,3)4)7-12-9(13)11/h8H,5-7H2,1-4H3,(H2,11,12). The van der Waals surface area contributed by atoms with E-state index in [9.17, 15) is 0 Å². The van der Waals surface area contributed by atoms with E-state index in [-0.39, 0.29) is 0 Å². The highest BCUT2D eigenvalue weighted by Gasteiger charge is 2.28. The average molecular weight is 183 g/mol. The van der Waals surface area contributed by atoms with Crippen LogP contribution >= 0.6 is 0 Å². The fourth-order valence-electron chi connectivity index (χ4n) is 1.88. The van der Waals surface area contributed by atoms with Gasteiger partial charge in [-0.1, -0.05) is 20.8 Å². The van der Waals surface area contributed by atoms with Crippen LogP contribution in [0.2, 0.25) is 0 Å². The number of hydrogen-bond donors (Lipinski definition) is 1. The molecule has 0 saturated carbocycles. The summed E-state index contributed by atoms with van der Waals surface area (Å²) in [5.74, 6) is 0.719. The average Bonchev–Trinajstić information content (AvgIpc) is 2.28. The van der Waals surface area contributed by atoms with Crippen LogP contribution in [0.3, 0.4) is 0 Å². The van der Waals surface area contributed by atoms with Crippen molar-refractivity contribution in [3.63, 3.8) is 0 Å². The van der Waals surface area contributed by atoms with Crippen LogP contribution in [0.5, 0.6) is 0 Å². The SMILES string of the molecule is CCN1C(N)=NCC1CC(C)(C)C. The van der Waals surface area contributed by atoms with Gasteiger partial charge in [0, 0.05) is 6.54 Å². The largest absolute Gasteiger partial charge is 0.370 e. The number of nitrogens with two attached hydrogens (primary N) is 1. The van der Waals surface area contributed by atoms with Gasteiger partial charge in [-0.3, -0.25) is 4.99 Å². The van der Waals surface area contributed by atoms with Gasteiger partial charge in [0.1, 0.15) is 0 Å². The van der Waals surface area contributed by atoms with E-state index in [0.29, 0.717) is 11.5 Å². The fraction of sp³-hybridized carbons (Fsp3) is 0.900. The first kappa shape index (κ1) is 10.4. The molecular formula is C10H21N3. The lowest BCUT2D eigenvalue weighted by atomic mass is 9.88. The summed E-state index contributed by atoms with van der Waals surface area (Å²) in [5, 5.41) is 0. The normalized spacial score (nSPS) is 23.5. The quantitative estimate of drug-likeness (QED) is 0.704. The Morgan fingerprint density at radius 3 is 2.62 bits per heavy atom. The van der Waals surface area contributed by atoms with Gasteiger partial charge in [-0.15, -0.1) is 0 Å². The van der Waals surface area contributed by atoms with E-state index in [2.05, 4.69) is 37.6 Å². The van der Waals surface area contributed by atoms with Crippen LogP contribution in [0.1, 0.15) is 34.1 Å². The lowest BCUT2D eigenvalue weighted by molar-refractivity contribution is 0.247. The molecule has 1 aliphatic rings. The van der Waals surface area contributed by atoms with Gasteiger partial charge in [0.05, 0.1) is 12.6 Å². The van der Waals surface area contributed by atoms with Gasteiger partial charge >= 0.3 is 0 Å². The smallest absolute Gasteiger partial charge is 0.191 e. The van der Waals surface area contributed by atoms with E-state index in [4.69, 9.17) is 5.73 Å². The van der Waals surface area contributed by atoms with Gasteiger partial charge in [0.15, 0.2) is 5.96 Å². The van der Waals surface area contributed by atoms with Crippen molar-refractivity contribution in [2.75, 3.05) is 13.1 Å². The minimum absolute atomic E-state index is 0.359. The Labute approximate surface area is 81.0 Å². The zero-order valence-corrected chi connectivity index (χ0v) is 9.17. The molecule has 2 N–H and O–H groups in total. The highest BCUT2D eigenvalue weighted by Crippen LogP contribution is 2.25. The zero-order valence-electron chi connectivity index (χ0n) is 9.17. The summed E-state index contributed by atoms with van der Waals surface area (Å²) in [6.45, 7) is 10.7. The van der Waals surface area contributed by atoms with Crippen molar-refractivity contribution in [3.8, 4) is 0 Å². The maximum absolute atomic E-state index is 5.77. The molecular weight excluding hydrogens is 162 g/mol. The monoisotopic (exact) mass is 183 g/mol. The number of rotatable bonds is 2. The summed E-state index contributed by atoms with van der Waals surface area (Å²) >= 11 is 0. The van der Waals surface area contributed by atoms with Crippen molar-refractivity contribution in [1.82, 2.24) is 4.90 Å². The number of likely N-dealkylation sites (N-methyl/N-ethyl adjacent to an activating group) is 1. The Morgan fingerprint density at radius 1 is 1.54 bits per heavy atom. The summed E-state index contributed by atoms with van der Waals surface area (Å²) in [6, 6.07) is 0.519. The lowest BCUT2D eigenvalue weighted by Crippen LogP contribution is -2.42. The molecule has 3 nitrogen and oxygen atoms in total. The highest BCUT2D eigenvalue weighted by atomic mass is 15.3. The number of hydrogen-bond acceptors (Lipinski definition) is 3. The summed E-state index contributed by atoms with van der Waals surface area (Å²) in [4.78, 5) is 6.47. The second-order valence-electron chi connectivity index (χ2n) is 4.90. The van der Waals surface area contributed by atoms with E-state index in [1.165, 1.54) is 0 Å². The Balaban J connectivity index is 2.55. The van der Waals surface area contributed by atoms with Crippen molar-refractivity contribution in [3.05, 3.63) is 0 Å². The third-order valence-corrected chi connectivity index (χ3v) is 2.39. The Hall–Kier alpha value is -0.730. The van der Waals surface area contributed by atoms with Crippen LogP contribution in [-0.4, -0.2) is 30.0 Å². The molecule has 0 bridgehead atoms. The molecule has 0 aliphatic carbocycles. The second kappa shape index (κ2) is 3.56. The molecule has 0 aromatic carbocycles. The Kier molecular flexibility index (Phi) is 2.84. The highest BCUT2D eigenvalue weighted by molar-refractivity contribution is 5.80. The molecule has 0 aromatic rings. The Bertz CT molecular complexity index is 203. The predicted molar refractivity (Wildman–Crippen MR) is 56.7 cm³/mol. The van der Waals surface area contributed by atoms with E-state index >= 15 is 0 Å². The van der Waals surface area contributed by atoms with Crippen molar-refractivity contribution >= 4 is 5.96 Å². The van der Waals surface area contributed by atoms with Gasteiger partial charge in [-0.2, -0.15) is 0 Å². The number of nitrogens with zero attached hydrogens (tertiary/aromatic N) is 2. The lowest BCUT2D eigenvalue weighted by Gasteiger charge is -2.30. The Morgan fingerprint density at radius 2 is 2.15 bits per heavy atom. The molecule has 1 heterocycles. The van der Waals surface area contributed by atoms with Crippen molar-refractivity contribution in [2.45, 2.75) is 40.2 Å². The summed E-state index contributed by atoms with van der Waals surface area (Å²) in [6.07, 6.45) is 1.16. The van der Waals surface area contributed by atoms with Crippen LogP contribution in [0.4, 0.5) is 0 Å². The number of aliphatic imine (C=N–C) groups is 1. The maximum atomic E-state index is 5.77. The molecule has 0 radical (unpaired) electrons.